The third kappa shape index (κ3) is 10.7. The molecule has 3 heterocycles. The van der Waals surface area contributed by atoms with E-state index in [9.17, 15) is 10.5 Å². The Labute approximate surface area is 566 Å². The van der Waals surface area contributed by atoms with Crippen molar-refractivity contribution >= 4 is 49.3 Å². The number of fused-ring (bicyclic) bond motifs is 6. The first kappa shape index (κ1) is 58.0. The second kappa shape index (κ2) is 24.6. The van der Waals surface area contributed by atoms with Crippen LogP contribution in [-0.4, -0.2) is 24.1 Å². The van der Waals surface area contributed by atoms with Crippen LogP contribution < -0.4 is 0 Å². The van der Waals surface area contributed by atoms with E-state index in [1.54, 1.807) is 0 Å². The van der Waals surface area contributed by atoms with Gasteiger partial charge in [0.1, 0.15) is 0 Å². The van der Waals surface area contributed by atoms with Crippen molar-refractivity contribution in [2.75, 3.05) is 0 Å². The summed E-state index contributed by atoms with van der Waals surface area (Å²) < 4.78 is 4.69. The lowest BCUT2D eigenvalue weighted by atomic mass is 9.97. The summed E-state index contributed by atoms with van der Waals surface area (Å²) in [6, 6.07) is 118. The Morgan fingerprint density at radius 2 is 0.592 bits per heavy atom. The summed E-state index contributed by atoms with van der Waals surface area (Å²) in [6.07, 6.45) is 0. The smallest absolute Gasteiger partial charge is 0.187 e. The topological polar surface area (TPSA) is 100 Å². The Morgan fingerprint density at radius 1 is 0.255 bits per heavy atom. The lowest BCUT2D eigenvalue weighted by Crippen LogP contribution is -2.03. The van der Waals surface area contributed by atoms with Crippen LogP contribution in [0.3, 0.4) is 0 Å². The van der Waals surface area contributed by atoms with Gasteiger partial charge in [-0.25, -0.2) is 19.8 Å². The van der Waals surface area contributed by atoms with Crippen molar-refractivity contribution in [1.29, 1.82) is 10.5 Å². The molecule has 0 radical (unpaired) electrons. The number of hydrogen-bond acceptors (Lipinski definition) is 5. The van der Waals surface area contributed by atoms with Crippen LogP contribution in [0.2, 0.25) is 0 Å². The highest BCUT2D eigenvalue weighted by Gasteiger charge is 2.23. The third-order valence-corrected chi connectivity index (χ3v) is 18.6. The third-order valence-electron chi connectivity index (χ3n) is 18.6. The summed E-state index contributed by atoms with van der Waals surface area (Å²) in [5.74, 6) is 1.28. The second-order valence-electron chi connectivity index (χ2n) is 24.5. The van der Waals surface area contributed by atoms with E-state index in [0.29, 0.717) is 34.3 Å². The number of nitrogens with zero attached hydrogens (tertiary/aromatic N) is 8. The van der Waals surface area contributed by atoms with Crippen LogP contribution in [0.1, 0.15) is 11.1 Å². The minimum Gasteiger partial charge on any atom is -0.309 e. The zero-order chi connectivity index (χ0) is 65.6. The van der Waals surface area contributed by atoms with Gasteiger partial charge in [-0.2, -0.15) is 10.5 Å². The highest BCUT2D eigenvalue weighted by Crippen LogP contribution is 2.43. The first-order chi connectivity index (χ1) is 48.4. The average molecular weight is 1250 g/mol. The van der Waals surface area contributed by atoms with Gasteiger partial charge in [-0.15, -0.1) is 0 Å². The summed E-state index contributed by atoms with van der Waals surface area (Å²) >= 11 is 0. The molecule has 0 spiro atoms. The molecule has 0 fully saturated rings. The van der Waals surface area contributed by atoms with Crippen molar-refractivity contribution in [1.82, 2.24) is 24.1 Å². The zero-order valence-corrected chi connectivity index (χ0v) is 52.8. The van der Waals surface area contributed by atoms with Crippen molar-refractivity contribution in [3.05, 3.63) is 350 Å². The Bertz CT molecular complexity index is 5590. The van der Waals surface area contributed by atoms with Gasteiger partial charge in [0, 0.05) is 49.6 Å². The molecule has 17 aromatic rings. The van der Waals surface area contributed by atoms with Gasteiger partial charge in [-0.1, -0.05) is 218 Å². The second-order valence-corrected chi connectivity index (χ2v) is 24.5. The first-order valence-corrected chi connectivity index (χ1v) is 32.4. The van der Waals surface area contributed by atoms with Crippen molar-refractivity contribution in [2.24, 2.45) is 0 Å². The largest absolute Gasteiger partial charge is 0.309 e. The fraction of sp³-hybridized carbons (Fsp3) is 0. The predicted octanol–water partition coefficient (Wildman–Crippen LogP) is 23.0. The molecule has 0 aliphatic carbocycles. The van der Waals surface area contributed by atoms with Crippen LogP contribution >= 0.6 is 0 Å². The maximum absolute atomic E-state index is 10.2. The van der Waals surface area contributed by atoms with E-state index in [1.165, 1.54) is 0 Å². The maximum atomic E-state index is 10.2. The molecule has 0 aliphatic heterocycles. The monoisotopic (exact) mass is 1250 g/mol. The average Bonchev–Trinajstić information content (AvgIpc) is 1.56. The lowest BCUT2D eigenvalue weighted by molar-refractivity contribution is 1.07. The van der Waals surface area contributed by atoms with Crippen LogP contribution in [0.25, 0.3) is 172 Å². The van der Waals surface area contributed by atoms with Crippen molar-refractivity contribution in [3.63, 3.8) is 0 Å². The number of aromatic nitrogens is 5. The van der Waals surface area contributed by atoms with Crippen molar-refractivity contribution in [2.45, 2.75) is 0 Å². The minimum absolute atomic E-state index is 0.424. The Morgan fingerprint density at radius 3 is 0.990 bits per heavy atom. The van der Waals surface area contributed by atoms with Gasteiger partial charge in [0.15, 0.2) is 23.2 Å². The van der Waals surface area contributed by atoms with Gasteiger partial charge in [0.05, 0.1) is 51.9 Å². The molecule has 0 atom stereocenters. The SMILES string of the molecule is [C-]#[N+]c1ccc(-c2cc(-c3nc(-c4cc(-c5ccc(C#N)cc5)cc(-n5c6ccc(-c7ccccc7)cc6c6cc(-c7ccccc7)ccc65)c4)nc(-c4ccccc4-c4cccc(C#N)c4)n3)cc(-n3c4ccc(-c5ccccc5)cc4c4cc(-c5ccccc5)ccc43)c2)cc1. The Hall–Kier alpha value is -13.8. The molecule has 454 valence electrons. The van der Waals surface area contributed by atoms with E-state index in [0.717, 1.165) is 150 Å². The first-order valence-electron chi connectivity index (χ1n) is 32.4. The molecule has 17 rings (SSSR count). The van der Waals surface area contributed by atoms with Crippen LogP contribution in [0.15, 0.2) is 328 Å². The highest BCUT2D eigenvalue weighted by molar-refractivity contribution is 6.13. The molecule has 8 nitrogen and oxygen atoms in total. The summed E-state index contributed by atoms with van der Waals surface area (Å²) in [6.45, 7) is 7.91. The highest BCUT2D eigenvalue weighted by atomic mass is 15.0. The molecule has 98 heavy (non-hydrogen) atoms. The molecule has 14 aromatic carbocycles. The van der Waals surface area contributed by atoms with E-state index in [2.05, 4.69) is 232 Å². The van der Waals surface area contributed by atoms with Gasteiger partial charge in [-0.3, -0.25) is 0 Å². The molecule has 0 saturated carbocycles. The quantitative estimate of drug-likeness (QED) is 0.113. The summed E-state index contributed by atoms with van der Waals surface area (Å²) in [7, 11) is 0. The Kier molecular flexibility index (Phi) is 14.5. The van der Waals surface area contributed by atoms with E-state index in [4.69, 9.17) is 21.5 Å². The van der Waals surface area contributed by atoms with Crippen LogP contribution in [0, 0.1) is 29.2 Å². The van der Waals surface area contributed by atoms with E-state index in [-0.39, 0.29) is 0 Å². The molecule has 0 N–H and O–H groups in total. The fourth-order valence-electron chi connectivity index (χ4n) is 13.8. The molecule has 0 saturated heterocycles. The number of benzene rings is 14. The number of nitriles is 2. The molecular formula is C90H54N8. The predicted molar refractivity (Wildman–Crippen MR) is 399 cm³/mol. The maximum Gasteiger partial charge on any atom is 0.187 e. The van der Waals surface area contributed by atoms with Crippen LogP contribution in [0.4, 0.5) is 5.69 Å². The van der Waals surface area contributed by atoms with Crippen LogP contribution in [-0.2, 0) is 0 Å². The molecular weight excluding hydrogens is 1190 g/mol. The van der Waals surface area contributed by atoms with Gasteiger partial charge < -0.3 is 9.13 Å². The molecule has 3 aromatic heterocycles. The minimum atomic E-state index is 0.424. The van der Waals surface area contributed by atoms with Crippen molar-refractivity contribution < 1.29 is 0 Å². The fourth-order valence-corrected chi connectivity index (χ4v) is 13.8. The zero-order valence-electron chi connectivity index (χ0n) is 52.8. The standard InChI is InChI=1S/C90H54N8/c1-93-75-39-33-65(34-40-75)72-47-74(51-77(49-72)98-86-43-37-68(62-22-10-4-11-23-62)54-82(86)83-55-69(38-44-87(83)98)63-24-12-5-13-25-63)89-94-88(95-90(96-89)79-28-15-14-27-78(79)70-26-16-17-59(45-70)57-92)73-46-71(64-31-29-58(56-91)30-32-64)48-76(50-73)97-84-41-35-66(60-18-6-2-7-19-60)52-80(84)81-53-67(36-42-85(81)97)61-20-8-3-9-21-61/h2-55H. The van der Waals surface area contributed by atoms with E-state index >= 15 is 0 Å². The normalized spacial score (nSPS) is 11.2. The number of rotatable bonds is 12. The molecule has 0 bridgehead atoms. The Balaban J connectivity index is 0.934. The molecule has 0 aliphatic rings. The summed E-state index contributed by atoms with van der Waals surface area (Å²) in [5, 5.41) is 24.7. The van der Waals surface area contributed by atoms with Gasteiger partial charge in [-0.05, 0) is 187 Å². The van der Waals surface area contributed by atoms with Gasteiger partial charge in [0.25, 0.3) is 0 Å². The van der Waals surface area contributed by atoms with Crippen molar-refractivity contribution in [3.8, 4) is 136 Å². The van der Waals surface area contributed by atoms with Crippen LogP contribution in [0.5, 0.6) is 0 Å². The summed E-state index contributed by atoms with van der Waals surface area (Å²) in [5.41, 5.74) is 23.9. The van der Waals surface area contributed by atoms with E-state index in [1.807, 2.05) is 121 Å². The lowest BCUT2D eigenvalue weighted by Gasteiger charge is -2.17. The molecule has 0 unspecified atom stereocenters. The van der Waals surface area contributed by atoms with E-state index < -0.39 is 0 Å². The van der Waals surface area contributed by atoms with Gasteiger partial charge in [0.2, 0.25) is 0 Å². The summed E-state index contributed by atoms with van der Waals surface area (Å²) in [4.78, 5) is 20.6. The van der Waals surface area contributed by atoms with Gasteiger partial charge >= 0.3 is 0 Å². The number of hydrogen-bond donors (Lipinski definition) is 0. The molecule has 0 amide bonds. The molecule has 8 heteroatoms.